The Kier molecular flexibility index (Phi) is 7.37. The van der Waals surface area contributed by atoms with Crippen molar-refractivity contribution in [1.29, 1.82) is 0 Å². The maximum absolute atomic E-state index is 6.56. The highest BCUT2D eigenvalue weighted by molar-refractivity contribution is 7.26. The number of nitrogens with one attached hydrogen (secondary N) is 2. The van der Waals surface area contributed by atoms with E-state index in [1.54, 1.807) is 0 Å². The second-order valence-corrected chi connectivity index (χ2v) is 16.1. The van der Waals surface area contributed by atoms with E-state index in [1.807, 2.05) is 23.5 Å². The van der Waals surface area contributed by atoms with Crippen molar-refractivity contribution in [1.82, 2.24) is 15.2 Å². The summed E-state index contributed by atoms with van der Waals surface area (Å²) in [4.78, 5) is 5.15. The summed E-state index contributed by atoms with van der Waals surface area (Å²) in [5.41, 5.74) is 12.7. The van der Waals surface area contributed by atoms with Gasteiger partial charge in [0.15, 0.2) is 0 Å². The van der Waals surface area contributed by atoms with E-state index in [0.29, 0.717) is 0 Å². The maximum atomic E-state index is 6.56. The number of hydrogen-bond donors (Lipinski definition) is 2. The highest BCUT2D eigenvalue weighted by atomic mass is 32.1. The van der Waals surface area contributed by atoms with E-state index in [2.05, 4.69) is 173 Å². The molecule has 2 unspecified atom stereocenters. The van der Waals surface area contributed by atoms with E-state index in [0.717, 1.165) is 57.3 Å². The number of furan rings is 1. The van der Waals surface area contributed by atoms with Gasteiger partial charge in [0.2, 0.25) is 0 Å². The molecule has 5 nitrogen and oxygen atoms in total. The largest absolute Gasteiger partial charge is 0.456 e. The van der Waals surface area contributed by atoms with Crippen molar-refractivity contribution in [3.05, 3.63) is 192 Å². The Hall–Kier alpha value is -6.73. The molecule has 2 N–H and O–H groups in total. The van der Waals surface area contributed by atoms with E-state index < -0.39 is 0 Å². The van der Waals surface area contributed by atoms with Crippen LogP contribution in [0.1, 0.15) is 46.7 Å². The number of aliphatic imine (C=N–C) groups is 1. The number of hydrogen-bond acceptors (Lipinski definition) is 5. The van der Waals surface area contributed by atoms with Crippen molar-refractivity contribution in [2.45, 2.75) is 25.2 Å². The van der Waals surface area contributed by atoms with Crippen LogP contribution in [0.4, 0.5) is 0 Å². The Balaban J connectivity index is 0.980. The minimum Gasteiger partial charge on any atom is -0.456 e. The normalized spacial score (nSPS) is 16.7. The molecule has 4 heterocycles. The van der Waals surface area contributed by atoms with Crippen LogP contribution >= 0.6 is 11.3 Å². The first-order valence-corrected chi connectivity index (χ1v) is 20.5. The van der Waals surface area contributed by atoms with E-state index >= 15 is 0 Å². The second-order valence-electron chi connectivity index (χ2n) is 15.1. The number of allylic oxidation sites excluding steroid dienone is 1. The average molecular weight is 753 g/mol. The molecule has 3 aromatic heterocycles. The molecule has 1 aliphatic carbocycles. The summed E-state index contributed by atoms with van der Waals surface area (Å²) >= 11 is 1.88. The van der Waals surface area contributed by atoms with Gasteiger partial charge in [-0.15, -0.1) is 11.3 Å². The molecule has 0 bridgehead atoms. The van der Waals surface area contributed by atoms with Crippen molar-refractivity contribution < 1.29 is 4.42 Å². The third-order valence-corrected chi connectivity index (χ3v) is 13.0. The molecule has 0 saturated carbocycles. The molecule has 2 atom stereocenters. The van der Waals surface area contributed by atoms with Crippen LogP contribution in [0.3, 0.4) is 0 Å². The van der Waals surface area contributed by atoms with Crippen molar-refractivity contribution in [3.63, 3.8) is 0 Å². The summed E-state index contributed by atoms with van der Waals surface area (Å²) < 4.78 is 11.6. The van der Waals surface area contributed by atoms with Crippen LogP contribution in [0.2, 0.25) is 0 Å². The number of nitrogens with zero attached hydrogens (tertiary/aromatic N) is 2. The van der Waals surface area contributed by atoms with Gasteiger partial charge in [0, 0.05) is 64.4 Å². The molecule has 0 saturated heterocycles. The topological polar surface area (TPSA) is 54.5 Å². The van der Waals surface area contributed by atoms with Gasteiger partial charge in [-0.25, -0.2) is 4.99 Å². The van der Waals surface area contributed by atoms with Crippen molar-refractivity contribution in [2.24, 2.45) is 4.99 Å². The summed E-state index contributed by atoms with van der Waals surface area (Å²) in [7, 11) is 0. The van der Waals surface area contributed by atoms with Crippen LogP contribution in [0.5, 0.6) is 0 Å². The van der Waals surface area contributed by atoms with Crippen LogP contribution < -0.4 is 10.6 Å². The third kappa shape index (κ3) is 5.22. The Morgan fingerprint density at radius 3 is 2.40 bits per heavy atom. The standard InChI is InChI=1S/C51H36N4OS/c1-3-13-31(14-4-1)49-52-50(32-15-5-2-6-16-32)54-51(53-49)39-21-12-24-45-47(39)41-29-33(25-27-44(41)56-45)35-19-11-20-38-40-30-34(26-28-46(40)57-48(35)38)55-42-22-9-7-17-36(42)37-18-8-10-23-43(37)55/h1-9,11-22,24-30,49,51,53H,10,23H2,(H,52,54). The minimum atomic E-state index is -0.221. The van der Waals surface area contributed by atoms with Crippen LogP contribution in [0, 0.1) is 0 Å². The van der Waals surface area contributed by atoms with E-state index in [-0.39, 0.29) is 12.3 Å². The Labute approximate surface area is 333 Å². The van der Waals surface area contributed by atoms with Crippen LogP contribution in [0.15, 0.2) is 173 Å². The molecule has 0 amide bonds. The summed E-state index contributed by atoms with van der Waals surface area (Å²) in [5, 5.41) is 13.7. The van der Waals surface area contributed by atoms with Crippen molar-refractivity contribution in [2.75, 3.05) is 0 Å². The number of amidine groups is 1. The highest BCUT2D eigenvalue weighted by Crippen LogP contribution is 2.44. The van der Waals surface area contributed by atoms with Gasteiger partial charge >= 0.3 is 0 Å². The minimum absolute atomic E-state index is 0.213. The van der Waals surface area contributed by atoms with E-state index in [4.69, 9.17) is 9.41 Å². The molecular weight excluding hydrogens is 717 g/mol. The highest BCUT2D eigenvalue weighted by Gasteiger charge is 2.28. The molecule has 272 valence electrons. The first-order chi connectivity index (χ1) is 28.2. The fourth-order valence-electron chi connectivity index (χ4n) is 9.15. The van der Waals surface area contributed by atoms with Gasteiger partial charge < -0.3 is 14.3 Å². The number of aromatic nitrogens is 1. The molecule has 1 aliphatic heterocycles. The SMILES string of the molecule is C1=Cc2c(n(-c3ccc4sc5c(-c6ccc7oc8cccc(C9NC(c%10ccccc%10)=NC(c%10ccccc%10)N9)c8c7c6)cccc5c4c3)c3ccccc23)CC1. The lowest BCUT2D eigenvalue weighted by molar-refractivity contribution is 0.411. The molecule has 0 spiro atoms. The van der Waals surface area contributed by atoms with Gasteiger partial charge in [-0.3, -0.25) is 5.32 Å². The predicted molar refractivity (Wildman–Crippen MR) is 237 cm³/mol. The van der Waals surface area contributed by atoms with Crippen LogP contribution in [-0.2, 0) is 6.42 Å². The molecule has 10 aromatic rings. The van der Waals surface area contributed by atoms with E-state index in [9.17, 15) is 0 Å². The second kappa shape index (κ2) is 12.9. The summed E-state index contributed by atoms with van der Waals surface area (Å²) in [6.07, 6.45) is 6.30. The maximum Gasteiger partial charge on any atom is 0.135 e. The number of rotatable bonds is 5. The molecule has 7 aromatic carbocycles. The molecule has 0 fully saturated rings. The number of fused-ring (bicyclic) bond motifs is 9. The van der Waals surface area contributed by atoms with Gasteiger partial charge in [-0.05, 0) is 72.0 Å². The zero-order valence-corrected chi connectivity index (χ0v) is 31.8. The fourth-order valence-corrected chi connectivity index (χ4v) is 10.4. The lowest BCUT2D eigenvalue weighted by Crippen LogP contribution is -2.45. The average Bonchev–Trinajstić information content (AvgIpc) is 3.96. The molecular formula is C51H36N4OS. The lowest BCUT2D eigenvalue weighted by atomic mass is 9.98. The lowest BCUT2D eigenvalue weighted by Gasteiger charge is -2.32. The number of thiophene rings is 1. The quantitative estimate of drug-likeness (QED) is 0.184. The van der Waals surface area contributed by atoms with Crippen LogP contribution in [0.25, 0.3) is 75.9 Å². The Bertz CT molecular complexity index is 3260. The molecule has 12 rings (SSSR count). The van der Waals surface area contributed by atoms with Gasteiger partial charge in [0.1, 0.15) is 29.3 Å². The van der Waals surface area contributed by atoms with Gasteiger partial charge in [-0.1, -0.05) is 127 Å². The van der Waals surface area contributed by atoms with Crippen LogP contribution in [-0.4, -0.2) is 10.4 Å². The summed E-state index contributed by atoms with van der Waals surface area (Å²) in [6, 6.07) is 56.5. The smallest absolute Gasteiger partial charge is 0.135 e. The zero-order chi connectivity index (χ0) is 37.5. The predicted octanol–water partition coefficient (Wildman–Crippen LogP) is 12.9. The van der Waals surface area contributed by atoms with Gasteiger partial charge in [0.25, 0.3) is 0 Å². The zero-order valence-electron chi connectivity index (χ0n) is 30.9. The first kappa shape index (κ1) is 32.5. The Morgan fingerprint density at radius 2 is 1.49 bits per heavy atom. The third-order valence-electron chi connectivity index (χ3n) is 11.8. The van der Waals surface area contributed by atoms with Crippen molar-refractivity contribution >= 4 is 76.3 Å². The monoisotopic (exact) mass is 752 g/mol. The first-order valence-electron chi connectivity index (χ1n) is 19.7. The number of benzene rings is 7. The van der Waals surface area contributed by atoms with E-state index in [1.165, 1.54) is 59.1 Å². The molecule has 6 heteroatoms. The van der Waals surface area contributed by atoms with Crippen molar-refractivity contribution in [3.8, 4) is 16.8 Å². The van der Waals surface area contributed by atoms with Gasteiger partial charge in [0.05, 0.1) is 5.52 Å². The Morgan fingerprint density at radius 1 is 0.667 bits per heavy atom. The fraction of sp³-hybridized carbons (Fsp3) is 0.0784. The number of para-hydroxylation sites is 1. The molecule has 0 radical (unpaired) electrons. The van der Waals surface area contributed by atoms with Gasteiger partial charge in [-0.2, -0.15) is 0 Å². The summed E-state index contributed by atoms with van der Waals surface area (Å²) in [6.45, 7) is 0. The molecule has 2 aliphatic rings. The summed E-state index contributed by atoms with van der Waals surface area (Å²) in [5.74, 6) is 0.861. The molecule has 57 heavy (non-hydrogen) atoms.